The number of piperazine rings is 1. The monoisotopic (exact) mass is 504 g/mol. The third kappa shape index (κ3) is 4.28. The number of fused-ring (bicyclic) bond motifs is 1. The highest BCUT2D eigenvalue weighted by Crippen LogP contribution is 2.38. The molecular formula is C23H22ClFN4O4S. The molecular weight excluding hydrogens is 483 g/mol. The van der Waals surface area contributed by atoms with Crippen molar-refractivity contribution in [3.05, 3.63) is 61.3 Å². The lowest BCUT2D eigenvalue weighted by molar-refractivity contribution is 0.0695. The van der Waals surface area contributed by atoms with Gasteiger partial charge < -0.3 is 19.8 Å². The van der Waals surface area contributed by atoms with Crippen molar-refractivity contribution in [2.75, 3.05) is 37.6 Å². The van der Waals surface area contributed by atoms with Gasteiger partial charge in [-0.05, 0) is 37.1 Å². The first kappa shape index (κ1) is 22.8. The van der Waals surface area contributed by atoms with Crippen LogP contribution in [0.2, 0.25) is 4.34 Å². The van der Waals surface area contributed by atoms with E-state index < -0.39 is 17.2 Å². The zero-order valence-electron chi connectivity index (χ0n) is 18.1. The molecule has 0 amide bonds. The first-order valence-electron chi connectivity index (χ1n) is 10.9. The fourth-order valence-electron chi connectivity index (χ4n) is 4.40. The molecule has 2 fully saturated rings. The number of carboxylic acid groups (broad SMARTS) is 1. The summed E-state index contributed by atoms with van der Waals surface area (Å²) in [7, 11) is 0. The Bertz CT molecular complexity index is 1360. The fourth-order valence-corrected chi connectivity index (χ4v) is 5.41. The normalized spacial score (nSPS) is 17.5. The van der Waals surface area contributed by atoms with E-state index >= 15 is 4.39 Å². The summed E-state index contributed by atoms with van der Waals surface area (Å²) < 4.78 is 17.6. The number of aromatic carboxylic acids is 1. The van der Waals surface area contributed by atoms with Gasteiger partial charge in [0, 0.05) is 50.3 Å². The van der Waals surface area contributed by atoms with E-state index in [0.717, 1.165) is 17.7 Å². The molecule has 178 valence electrons. The summed E-state index contributed by atoms with van der Waals surface area (Å²) in [5, 5.41) is 22.4. The largest absolute Gasteiger partial charge is 0.477 e. The molecule has 1 aliphatic heterocycles. The Morgan fingerprint density at radius 2 is 1.94 bits per heavy atom. The molecule has 0 radical (unpaired) electrons. The zero-order valence-corrected chi connectivity index (χ0v) is 19.7. The van der Waals surface area contributed by atoms with Crippen LogP contribution in [0.4, 0.5) is 10.1 Å². The van der Waals surface area contributed by atoms with Crippen LogP contribution in [0.25, 0.3) is 10.9 Å². The second-order valence-electron chi connectivity index (χ2n) is 8.55. The Labute approximate surface area is 203 Å². The highest BCUT2D eigenvalue weighted by molar-refractivity contribution is 7.18. The number of hydrogen-bond acceptors (Lipinski definition) is 7. The van der Waals surface area contributed by atoms with Crippen molar-refractivity contribution in [3.8, 4) is 0 Å². The van der Waals surface area contributed by atoms with Crippen molar-refractivity contribution in [1.29, 1.82) is 0 Å². The first-order valence-corrected chi connectivity index (χ1v) is 12.1. The number of hydrogen-bond donors (Lipinski definition) is 2. The van der Waals surface area contributed by atoms with Crippen LogP contribution >= 0.6 is 22.9 Å². The maximum Gasteiger partial charge on any atom is 0.341 e. The second kappa shape index (κ2) is 9.01. The van der Waals surface area contributed by atoms with Crippen molar-refractivity contribution < 1.29 is 19.5 Å². The molecule has 11 heteroatoms. The molecule has 2 aromatic heterocycles. The zero-order chi connectivity index (χ0) is 24.0. The predicted octanol–water partition coefficient (Wildman–Crippen LogP) is 3.89. The number of thiophene rings is 1. The molecule has 1 aromatic carbocycles. The van der Waals surface area contributed by atoms with Gasteiger partial charge in [0.25, 0.3) is 0 Å². The van der Waals surface area contributed by atoms with Crippen LogP contribution in [0.3, 0.4) is 0 Å². The van der Waals surface area contributed by atoms with Gasteiger partial charge in [0.05, 0.1) is 20.4 Å². The minimum Gasteiger partial charge on any atom is -0.477 e. The molecule has 0 unspecified atom stereocenters. The van der Waals surface area contributed by atoms with Crippen LogP contribution in [0.1, 0.15) is 34.1 Å². The Morgan fingerprint density at radius 1 is 1.21 bits per heavy atom. The third-order valence-corrected chi connectivity index (χ3v) is 7.62. The maximum atomic E-state index is 15.1. The van der Waals surface area contributed by atoms with Gasteiger partial charge in [-0.3, -0.25) is 9.69 Å². The smallest absolute Gasteiger partial charge is 0.341 e. The lowest BCUT2D eigenvalue weighted by atomic mass is 10.1. The SMILES string of the molecule is O=C(O)c1cn(C2CC2)c2cc(N3CCN(C/C(=N/O)c4ccc(Cl)s4)CC3)c(F)cc2c1=O. The molecule has 1 saturated heterocycles. The molecule has 8 nitrogen and oxygen atoms in total. The summed E-state index contributed by atoms with van der Waals surface area (Å²) in [6.07, 6.45) is 3.18. The van der Waals surface area contributed by atoms with Gasteiger partial charge >= 0.3 is 5.97 Å². The Morgan fingerprint density at radius 3 is 2.53 bits per heavy atom. The molecule has 5 rings (SSSR count). The molecule has 0 atom stereocenters. The van der Waals surface area contributed by atoms with Gasteiger partial charge in [0.1, 0.15) is 17.1 Å². The average molecular weight is 505 g/mol. The minimum atomic E-state index is -1.31. The number of carboxylic acids is 1. The van der Waals surface area contributed by atoms with Crippen molar-refractivity contribution in [3.63, 3.8) is 0 Å². The number of nitrogens with zero attached hydrogens (tertiary/aromatic N) is 4. The molecule has 3 aromatic rings. The molecule has 0 bridgehead atoms. The van der Waals surface area contributed by atoms with Gasteiger partial charge in [-0.25, -0.2) is 9.18 Å². The van der Waals surface area contributed by atoms with Crippen LogP contribution in [0.5, 0.6) is 0 Å². The van der Waals surface area contributed by atoms with Gasteiger partial charge in [-0.15, -0.1) is 11.3 Å². The maximum absolute atomic E-state index is 15.1. The van der Waals surface area contributed by atoms with Crippen molar-refractivity contribution in [2.45, 2.75) is 18.9 Å². The average Bonchev–Trinajstić information content (AvgIpc) is 3.58. The number of carbonyl (C=O) groups is 1. The standard InChI is InChI=1S/C23H22ClFN4O4S/c24-21-4-3-20(34-21)17(26-33)12-27-5-7-28(8-6-27)19-10-18-14(9-16(19)25)22(30)15(23(31)32)11-29(18)13-1-2-13/h3-4,9-11,13,33H,1-2,5-8,12H2,(H,31,32)/b26-17-. The van der Waals surface area contributed by atoms with Crippen LogP contribution in [-0.2, 0) is 0 Å². The number of anilines is 1. The van der Waals surface area contributed by atoms with E-state index in [0.29, 0.717) is 54.0 Å². The van der Waals surface area contributed by atoms with Crippen LogP contribution in [-0.4, -0.2) is 64.2 Å². The Balaban J connectivity index is 1.38. The molecule has 3 heterocycles. The summed E-state index contributed by atoms with van der Waals surface area (Å²) in [6, 6.07) is 6.53. The van der Waals surface area contributed by atoms with Crippen LogP contribution < -0.4 is 10.3 Å². The predicted molar refractivity (Wildman–Crippen MR) is 130 cm³/mol. The summed E-state index contributed by atoms with van der Waals surface area (Å²) >= 11 is 7.34. The third-order valence-electron chi connectivity index (χ3n) is 6.34. The molecule has 2 aliphatic rings. The number of halogens is 2. The van der Waals surface area contributed by atoms with Crippen molar-refractivity contribution >= 4 is 51.2 Å². The number of rotatable bonds is 6. The number of pyridine rings is 1. The molecule has 0 spiro atoms. The number of oxime groups is 1. The quantitative estimate of drug-likeness (QED) is 0.300. The lowest BCUT2D eigenvalue weighted by Crippen LogP contribution is -2.48. The highest BCUT2D eigenvalue weighted by Gasteiger charge is 2.28. The van der Waals surface area contributed by atoms with E-state index in [1.54, 1.807) is 16.7 Å². The number of benzene rings is 1. The Kier molecular flexibility index (Phi) is 6.05. The Hall–Kier alpha value is -2.95. The summed E-state index contributed by atoms with van der Waals surface area (Å²) in [5.41, 5.74) is 0.475. The van der Waals surface area contributed by atoms with E-state index in [1.807, 2.05) is 11.0 Å². The van der Waals surface area contributed by atoms with Gasteiger partial charge in [-0.1, -0.05) is 16.8 Å². The molecule has 2 N–H and O–H groups in total. The molecule has 34 heavy (non-hydrogen) atoms. The van der Waals surface area contributed by atoms with Crippen molar-refractivity contribution in [1.82, 2.24) is 9.47 Å². The fraction of sp³-hybridized carbons (Fsp3) is 0.348. The van der Waals surface area contributed by atoms with E-state index in [-0.39, 0.29) is 17.0 Å². The van der Waals surface area contributed by atoms with Gasteiger partial charge in [0.2, 0.25) is 5.43 Å². The lowest BCUT2D eigenvalue weighted by Gasteiger charge is -2.36. The number of aromatic nitrogens is 1. The van der Waals surface area contributed by atoms with Gasteiger partial charge in [-0.2, -0.15) is 0 Å². The summed E-state index contributed by atoms with van der Waals surface area (Å²) in [5.74, 6) is -1.86. The summed E-state index contributed by atoms with van der Waals surface area (Å²) in [6.45, 7) is 2.80. The minimum absolute atomic E-state index is 0.0880. The van der Waals surface area contributed by atoms with E-state index in [9.17, 15) is 19.9 Å². The first-order chi connectivity index (χ1) is 16.4. The highest BCUT2D eigenvalue weighted by atomic mass is 35.5. The van der Waals surface area contributed by atoms with E-state index in [2.05, 4.69) is 10.1 Å². The van der Waals surface area contributed by atoms with Crippen LogP contribution in [0.15, 0.2) is 40.4 Å². The molecule has 1 aliphatic carbocycles. The second-order valence-corrected chi connectivity index (χ2v) is 10.3. The van der Waals surface area contributed by atoms with Crippen LogP contribution in [0, 0.1) is 5.82 Å². The summed E-state index contributed by atoms with van der Waals surface area (Å²) in [4.78, 5) is 29.1. The van der Waals surface area contributed by atoms with E-state index in [4.69, 9.17) is 11.6 Å². The van der Waals surface area contributed by atoms with Crippen molar-refractivity contribution in [2.24, 2.45) is 5.16 Å². The topological polar surface area (TPSA) is 98.4 Å². The van der Waals surface area contributed by atoms with Gasteiger partial charge in [0.15, 0.2) is 0 Å². The molecule has 1 saturated carbocycles. The van der Waals surface area contributed by atoms with E-state index in [1.165, 1.54) is 23.6 Å².